The van der Waals surface area contributed by atoms with E-state index in [0.29, 0.717) is 18.7 Å². The summed E-state index contributed by atoms with van der Waals surface area (Å²) in [6.07, 6.45) is 1.62. The van der Waals surface area contributed by atoms with Crippen molar-refractivity contribution in [3.8, 4) is 0 Å². The largest absolute Gasteiger partial charge is 0.348 e. The summed E-state index contributed by atoms with van der Waals surface area (Å²) < 4.78 is 13.5. The molecule has 0 atom stereocenters. The van der Waals surface area contributed by atoms with E-state index in [1.165, 1.54) is 12.1 Å². The number of aryl methyl sites for hydroxylation is 2. The Bertz CT molecular complexity index is 681. The van der Waals surface area contributed by atoms with Gasteiger partial charge in [-0.3, -0.25) is 4.79 Å². The van der Waals surface area contributed by atoms with Crippen LogP contribution in [-0.2, 0) is 6.54 Å². The summed E-state index contributed by atoms with van der Waals surface area (Å²) in [6, 6.07) is 4.30. The quantitative estimate of drug-likeness (QED) is 0.889. The number of aromatic nitrogens is 2. The van der Waals surface area contributed by atoms with Gasteiger partial charge in [-0.25, -0.2) is 9.37 Å². The van der Waals surface area contributed by atoms with E-state index in [2.05, 4.69) is 9.97 Å². The molecule has 1 amide bonds. The molecule has 0 radical (unpaired) electrons. The molecule has 0 saturated carbocycles. The minimum Gasteiger partial charge on any atom is -0.348 e. The van der Waals surface area contributed by atoms with Crippen LogP contribution in [0.3, 0.4) is 0 Å². The number of benzene rings is 1. The normalized spacial score (nSPS) is 11.0. The Hall–Kier alpha value is -2.21. The monoisotopic (exact) mass is 318 g/mol. The predicted molar refractivity (Wildman–Crippen MR) is 87.8 cm³/mol. The smallest absolute Gasteiger partial charge is 0.254 e. The summed E-state index contributed by atoms with van der Waals surface area (Å²) >= 11 is 0. The van der Waals surface area contributed by atoms with Gasteiger partial charge in [0, 0.05) is 24.3 Å². The number of carbonyl (C=O) groups excluding carboxylic acids is 1. The van der Waals surface area contributed by atoms with Crippen molar-refractivity contribution in [2.24, 2.45) is 0 Å². The first-order valence-corrected chi connectivity index (χ1v) is 7.57. The second-order valence-corrected chi connectivity index (χ2v) is 5.96. The molecule has 0 bridgehead atoms. The maximum Gasteiger partial charge on any atom is 0.254 e. The molecule has 23 heavy (non-hydrogen) atoms. The molecule has 0 spiro atoms. The third-order valence-corrected chi connectivity index (χ3v) is 3.81. The van der Waals surface area contributed by atoms with Crippen LogP contribution in [-0.4, -0.2) is 52.9 Å². The SMILES string of the molecule is Cc1ccc(F)cc1C(=O)N(CCN(C)C)Cc1nc[nH]c1C. The first-order chi connectivity index (χ1) is 10.9. The molecule has 0 saturated heterocycles. The number of amides is 1. The van der Waals surface area contributed by atoms with E-state index in [-0.39, 0.29) is 5.91 Å². The molecule has 0 aliphatic carbocycles. The molecule has 0 aliphatic rings. The Morgan fingerprint density at radius 1 is 1.26 bits per heavy atom. The molecule has 2 aromatic rings. The summed E-state index contributed by atoms with van der Waals surface area (Å²) in [5, 5.41) is 0. The van der Waals surface area contributed by atoms with Crippen LogP contribution in [0.25, 0.3) is 0 Å². The van der Waals surface area contributed by atoms with E-state index >= 15 is 0 Å². The van der Waals surface area contributed by atoms with Crippen molar-refractivity contribution in [2.75, 3.05) is 27.2 Å². The highest BCUT2D eigenvalue weighted by molar-refractivity contribution is 5.95. The minimum absolute atomic E-state index is 0.175. The number of nitrogens with one attached hydrogen (secondary N) is 1. The molecule has 2 rings (SSSR count). The molecule has 124 valence electrons. The standard InChI is InChI=1S/C17H23FN4O/c1-12-5-6-14(18)9-15(12)17(23)22(8-7-21(3)4)10-16-13(2)19-11-20-16/h5-6,9,11H,7-8,10H2,1-4H3,(H,19,20). The molecular weight excluding hydrogens is 295 g/mol. The second-order valence-electron chi connectivity index (χ2n) is 5.96. The molecule has 0 fully saturated rings. The maximum atomic E-state index is 13.5. The summed E-state index contributed by atoms with van der Waals surface area (Å²) in [7, 11) is 3.91. The number of hydrogen-bond acceptors (Lipinski definition) is 3. The van der Waals surface area contributed by atoms with Crippen molar-refractivity contribution in [3.05, 3.63) is 52.9 Å². The number of hydrogen-bond donors (Lipinski definition) is 1. The van der Waals surface area contributed by atoms with E-state index < -0.39 is 5.82 Å². The highest BCUT2D eigenvalue weighted by Crippen LogP contribution is 2.15. The van der Waals surface area contributed by atoms with Gasteiger partial charge in [-0.05, 0) is 45.6 Å². The fraction of sp³-hybridized carbons (Fsp3) is 0.412. The molecule has 1 aromatic heterocycles. The van der Waals surface area contributed by atoms with Crippen LogP contribution >= 0.6 is 0 Å². The molecule has 1 aromatic carbocycles. The van der Waals surface area contributed by atoms with E-state index in [0.717, 1.165) is 23.5 Å². The lowest BCUT2D eigenvalue weighted by molar-refractivity contribution is 0.0728. The lowest BCUT2D eigenvalue weighted by atomic mass is 10.1. The Labute approximate surface area is 136 Å². The number of likely N-dealkylation sites (N-methyl/N-ethyl adjacent to an activating group) is 1. The van der Waals surface area contributed by atoms with Gasteiger partial charge in [0.05, 0.1) is 18.6 Å². The van der Waals surface area contributed by atoms with Gasteiger partial charge in [0.2, 0.25) is 0 Å². The Kier molecular flexibility index (Phi) is 5.50. The van der Waals surface area contributed by atoms with E-state index in [4.69, 9.17) is 0 Å². The van der Waals surface area contributed by atoms with Crippen molar-refractivity contribution >= 4 is 5.91 Å². The number of halogens is 1. The summed E-state index contributed by atoms with van der Waals surface area (Å²) in [6.45, 7) is 5.41. The van der Waals surface area contributed by atoms with Crippen LogP contribution in [0.15, 0.2) is 24.5 Å². The second kappa shape index (κ2) is 7.37. The van der Waals surface area contributed by atoms with Crippen molar-refractivity contribution in [1.82, 2.24) is 19.8 Å². The van der Waals surface area contributed by atoms with Crippen LogP contribution in [0.5, 0.6) is 0 Å². The zero-order valence-electron chi connectivity index (χ0n) is 14.1. The number of rotatable bonds is 6. The lowest BCUT2D eigenvalue weighted by Crippen LogP contribution is -2.37. The first-order valence-electron chi connectivity index (χ1n) is 7.57. The number of aromatic amines is 1. The van der Waals surface area contributed by atoms with Gasteiger partial charge in [0.25, 0.3) is 5.91 Å². The van der Waals surface area contributed by atoms with Crippen molar-refractivity contribution in [1.29, 1.82) is 0 Å². The van der Waals surface area contributed by atoms with Crippen LogP contribution in [0.1, 0.15) is 27.3 Å². The zero-order valence-corrected chi connectivity index (χ0v) is 14.1. The van der Waals surface area contributed by atoms with Gasteiger partial charge in [0.15, 0.2) is 0 Å². The molecule has 1 heterocycles. The van der Waals surface area contributed by atoms with Gasteiger partial charge < -0.3 is 14.8 Å². The minimum atomic E-state index is -0.401. The van der Waals surface area contributed by atoms with Gasteiger partial charge in [-0.2, -0.15) is 0 Å². The van der Waals surface area contributed by atoms with Crippen molar-refractivity contribution in [3.63, 3.8) is 0 Å². The highest BCUT2D eigenvalue weighted by Gasteiger charge is 2.20. The van der Waals surface area contributed by atoms with Gasteiger partial charge in [0.1, 0.15) is 5.82 Å². The molecular formula is C17H23FN4O. The summed E-state index contributed by atoms with van der Waals surface area (Å²) in [5.41, 5.74) is 2.93. The van der Waals surface area contributed by atoms with Gasteiger partial charge in [-0.1, -0.05) is 6.07 Å². The fourth-order valence-corrected chi connectivity index (χ4v) is 2.30. The Balaban J connectivity index is 2.26. The Morgan fingerprint density at radius 3 is 2.61 bits per heavy atom. The number of nitrogens with zero attached hydrogens (tertiary/aromatic N) is 3. The zero-order chi connectivity index (χ0) is 17.0. The molecule has 6 heteroatoms. The molecule has 0 aliphatic heterocycles. The van der Waals surface area contributed by atoms with Crippen LogP contribution < -0.4 is 0 Å². The number of carbonyl (C=O) groups is 1. The van der Waals surface area contributed by atoms with Gasteiger partial charge in [-0.15, -0.1) is 0 Å². The summed E-state index contributed by atoms with van der Waals surface area (Å²) in [4.78, 5) is 23.9. The average molecular weight is 318 g/mol. The van der Waals surface area contributed by atoms with Crippen LogP contribution in [0.4, 0.5) is 4.39 Å². The van der Waals surface area contributed by atoms with E-state index in [1.807, 2.05) is 32.8 Å². The topological polar surface area (TPSA) is 52.2 Å². The van der Waals surface area contributed by atoms with E-state index in [9.17, 15) is 9.18 Å². The third kappa shape index (κ3) is 4.39. The lowest BCUT2D eigenvalue weighted by Gasteiger charge is -2.25. The Morgan fingerprint density at radius 2 is 2.00 bits per heavy atom. The number of H-pyrrole nitrogens is 1. The predicted octanol–water partition coefficient (Wildman–Crippen LogP) is 2.37. The van der Waals surface area contributed by atoms with E-state index in [1.54, 1.807) is 17.3 Å². The van der Waals surface area contributed by atoms with Crippen LogP contribution in [0.2, 0.25) is 0 Å². The first kappa shape index (κ1) is 17.1. The average Bonchev–Trinajstić information content (AvgIpc) is 2.90. The van der Waals surface area contributed by atoms with Crippen molar-refractivity contribution in [2.45, 2.75) is 20.4 Å². The third-order valence-electron chi connectivity index (χ3n) is 3.81. The highest BCUT2D eigenvalue weighted by atomic mass is 19.1. The summed E-state index contributed by atoms with van der Waals surface area (Å²) in [5.74, 6) is -0.575. The van der Waals surface area contributed by atoms with Gasteiger partial charge >= 0.3 is 0 Å². The maximum absolute atomic E-state index is 13.5. The molecule has 1 N–H and O–H groups in total. The van der Waals surface area contributed by atoms with Crippen molar-refractivity contribution < 1.29 is 9.18 Å². The van der Waals surface area contributed by atoms with Crippen LogP contribution in [0, 0.1) is 19.7 Å². The number of imidazole rings is 1. The molecule has 0 unspecified atom stereocenters. The molecule has 5 nitrogen and oxygen atoms in total. The fourth-order valence-electron chi connectivity index (χ4n) is 2.30.